The Hall–Kier alpha value is -4.53. The smallest absolute Gasteiger partial charge is 0.247 e. The first kappa shape index (κ1) is 34.8. The predicted molar refractivity (Wildman–Crippen MR) is 173 cm³/mol. The first-order chi connectivity index (χ1) is 23.0. The Labute approximate surface area is 276 Å². The Bertz CT molecular complexity index is 1840. The molecular formula is C34H35F4N5O4S. The van der Waals surface area contributed by atoms with E-state index in [1.807, 2.05) is 0 Å². The van der Waals surface area contributed by atoms with Gasteiger partial charge in [-0.3, -0.25) is 9.78 Å². The van der Waals surface area contributed by atoms with Crippen molar-refractivity contribution in [3.05, 3.63) is 114 Å². The van der Waals surface area contributed by atoms with Crippen molar-refractivity contribution >= 4 is 27.3 Å². The van der Waals surface area contributed by atoms with Crippen LogP contribution in [0, 0.1) is 23.3 Å². The highest BCUT2D eigenvalue weighted by Gasteiger charge is 2.39. The Balaban J connectivity index is 1.41. The molecule has 0 spiro atoms. The number of nitrogens with zero attached hydrogens (tertiary/aromatic N) is 2. The molecule has 2 heterocycles. The molecule has 0 saturated carbocycles. The lowest BCUT2D eigenvalue weighted by atomic mass is 10.0. The van der Waals surface area contributed by atoms with Crippen LogP contribution in [0.2, 0.25) is 0 Å². The van der Waals surface area contributed by atoms with Crippen molar-refractivity contribution in [3.8, 4) is 5.75 Å². The molecule has 9 nitrogen and oxygen atoms in total. The van der Waals surface area contributed by atoms with Gasteiger partial charge in [-0.25, -0.2) is 26.0 Å². The van der Waals surface area contributed by atoms with E-state index >= 15 is 4.39 Å². The second-order valence-corrected chi connectivity index (χ2v) is 13.3. The first-order valence-electron chi connectivity index (χ1n) is 15.2. The maximum absolute atomic E-state index is 15.4. The fourth-order valence-electron chi connectivity index (χ4n) is 5.87. The zero-order chi connectivity index (χ0) is 34.4. The fraction of sp³-hybridized carbons (Fsp3) is 0.294. The summed E-state index contributed by atoms with van der Waals surface area (Å²) in [5.74, 6) is -3.42. The number of halogens is 4. The second-order valence-electron chi connectivity index (χ2n) is 11.5. The standard InChI is InChI=1S/C34H35F4N5O4S/c1-21-17-39-18-27(43(21)48(45,46)33-6-4-3-5-32(33)47-2)11-12-28-29(38)19-40-20-31(28)42-30(13-22-7-9-23(35)10-8-22)34(44)41-26-15-24(36)14-25(37)16-26/h3-10,14-16,19-21,27,30,39,42H,11-13,17-18H2,1-2H3,(H,41,44)/t21-,27-,30-/m0/s1. The second kappa shape index (κ2) is 15.1. The van der Waals surface area contributed by atoms with Crippen molar-refractivity contribution in [1.29, 1.82) is 0 Å². The van der Waals surface area contributed by atoms with Crippen LogP contribution in [0.15, 0.2) is 84.0 Å². The molecule has 1 aromatic heterocycles. The number of piperazine rings is 1. The number of para-hydroxylation sites is 1. The number of carbonyl (C=O) groups excluding carboxylic acids is 1. The molecule has 1 saturated heterocycles. The van der Waals surface area contributed by atoms with Crippen LogP contribution >= 0.6 is 0 Å². The van der Waals surface area contributed by atoms with Gasteiger partial charge in [-0.15, -0.1) is 0 Å². The highest BCUT2D eigenvalue weighted by Crippen LogP contribution is 2.32. The van der Waals surface area contributed by atoms with Gasteiger partial charge in [0.05, 0.1) is 25.2 Å². The Morgan fingerprint density at radius 3 is 2.42 bits per heavy atom. The minimum absolute atomic E-state index is 0.00510. The minimum atomic E-state index is -4.02. The average Bonchev–Trinajstić information content (AvgIpc) is 3.04. The lowest BCUT2D eigenvalue weighted by Gasteiger charge is -2.40. The van der Waals surface area contributed by atoms with E-state index in [-0.39, 0.29) is 46.8 Å². The molecule has 3 aromatic carbocycles. The number of anilines is 2. The molecule has 1 aliphatic heterocycles. The number of sulfonamides is 1. The van der Waals surface area contributed by atoms with Crippen LogP contribution in [0.5, 0.6) is 5.75 Å². The quantitative estimate of drug-likeness (QED) is 0.174. The number of benzene rings is 3. The predicted octanol–water partition coefficient (Wildman–Crippen LogP) is 5.29. The molecule has 14 heteroatoms. The molecule has 0 bridgehead atoms. The van der Waals surface area contributed by atoms with Crippen LogP contribution in [-0.2, 0) is 27.7 Å². The third-order valence-electron chi connectivity index (χ3n) is 8.10. The number of carbonyl (C=O) groups is 1. The number of methoxy groups -OCH3 is 1. The zero-order valence-electron chi connectivity index (χ0n) is 26.2. The molecule has 0 radical (unpaired) electrons. The molecule has 254 valence electrons. The summed E-state index contributed by atoms with van der Waals surface area (Å²) in [7, 11) is -2.62. The number of hydrogen-bond acceptors (Lipinski definition) is 7. The number of hydrogen-bond donors (Lipinski definition) is 3. The topological polar surface area (TPSA) is 113 Å². The highest BCUT2D eigenvalue weighted by molar-refractivity contribution is 7.89. The van der Waals surface area contributed by atoms with Gasteiger partial charge in [0.2, 0.25) is 15.9 Å². The van der Waals surface area contributed by atoms with Crippen molar-refractivity contribution in [2.75, 3.05) is 30.8 Å². The molecule has 1 amide bonds. The molecular weight excluding hydrogens is 650 g/mol. The monoisotopic (exact) mass is 685 g/mol. The molecule has 1 aliphatic rings. The maximum atomic E-state index is 15.4. The number of aromatic nitrogens is 1. The molecule has 3 atom stereocenters. The van der Waals surface area contributed by atoms with E-state index in [0.29, 0.717) is 24.7 Å². The first-order valence-corrected chi connectivity index (χ1v) is 16.7. The van der Waals surface area contributed by atoms with E-state index in [2.05, 4.69) is 20.9 Å². The van der Waals surface area contributed by atoms with Gasteiger partial charge >= 0.3 is 0 Å². The normalized spacial score (nSPS) is 17.5. The summed E-state index contributed by atoms with van der Waals surface area (Å²) in [5, 5.41) is 8.75. The highest BCUT2D eigenvalue weighted by atomic mass is 32.2. The van der Waals surface area contributed by atoms with E-state index < -0.39 is 57.3 Å². The number of pyridine rings is 1. The average molecular weight is 686 g/mol. The summed E-state index contributed by atoms with van der Waals surface area (Å²) in [6, 6.07) is 12.2. The van der Waals surface area contributed by atoms with Crippen molar-refractivity contribution in [1.82, 2.24) is 14.6 Å². The largest absolute Gasteiger partial charge is 0.495 e. The number of nitrogens with one attached hydrogen (secondary N) is 3. The molecule has 0 unspecified atom stereocenters. The molecule has 1 fully saturated rings. The van der Waals surface area contributed by atoms with Gasteiger partial charge in [-0.1, -0.05) is 24.3 Å². The molecule has 5 rings (SSSR count). The lowest BCUT2D eigenvalue weighted by molar-refractivity contribution is -0.116. The van der Waals surface area contributed by atoms with E-state index in [1.54, 1.807) is 25.1 Å². The number of amides is 1. The van der Waals surface area contributed by atoms with Crippen molar-refractivity contribution in [3.63, 3.8) is 0 Å². The number of ether oxygens (including phenoxy) is 1. The van der Waals surface area contributed by atoms with Gasteiger partial charge in [0.15, 0.2) is 0 Å². The fourth-order valence-corrected chi connectivity index (χ4v) is 7.87. The summed E-state index contributed by atoms with van der Waals surface area (Å²) in [6.07, 6.45) is 2.63. The van der Waals surface area contributed by atoms with Crippen LogP contribution < -0.4 is 20.7 Å². The zero-order valence-corrected chi connectivity index (χ0v) is 27.0. The maximum Gasteiger partial charge on any atom is 0.247 e. The van der Waals surface area contributed by atoms with E-state index in [0.717, 1.165) is 18.3 Å². The van der Waals surface area contributed by atoms with Crippen LogP contribution in [-0.4, -0.2) is 61.9 Å². The van der Waals surface area contributed by atoms with Crippen LogP contribution in [0.4, 0.5) is 28.9 Å². The summed E-state index contributed by atoms with van der Waals surface area (Å²) in [5.41, 5.74) is 0.751. The Morgan fingerprint density at radius 1 is 1.00 bits per heavy atom. The summed E-state index contributed by atoms with van der Waals surface area (Å²) in [4.78, 5) is 17.5. The van der Waals surface area contributed by atoms with Gasteiger partial charge in [0, 0.05) is 48.9 Å². The van der Waals surface area contributed by atoms with E-state index in [9.17, 15) is 26.4 Å². The third kappa shape index (κ3) is 8.12. The SMILES string of the molecule is COc1ccccc1S(=O)(=O)N1[C@@H](CCc2c(F)cncc2N[C@@H](Cc2ccc(F)cc2)C(=O)Nc2cc(F)cc(F)c2)CNC[C@@H]1C. The van der Waals surface area contributed by atoms with Gasteiger partial charge in [-0.05, 0) is 61.7 Å². The van der Waals surface area contributed by atoms with Crippen molar-refractivity contribution in [2.24, 2.45) is 0 Å². The summed E-state index contributed by atoms with van der Waals surface area (Å²) >= 11 is 0. The van der Waals surface area contributed by atoms with Gasteiger partial charge in [0.25, 0.3) is 0 Å². The molecule has 48 heavy (non-hydrogen) atoms. The Morgan fingerprint density at radius 2 is 1.71 bits per heavy atom. The molecule has 0 aliphatic carbocycles. The Kier molecular flexibility index (Phi) is 11.0. The summed E-state index contributed by atoms with van der Waals surface area (Å²) in [6.45, 7) is 2.51. The molecule has 3 N–H and O–H groups in total. The van der Waals surface area contributed by atoms with Crippen LogP contribution in [0.1, 0.15) is 24.5 Å². The van der Waals surface area contributed by atoms with Gasteiger partial charge in [0.1, 0.15) is 40.0 Å². The minimum Gasteiger partial charge on any atom is -0.495 e. The number of rotatable bonds is 12. The van der Waals surface area contributed by atoms with Gasteiger partial charge in [-0.2, -0.15) is 4.31 Å². The third-order valence-corrected chi connectivity index (χ3v) is 10.2. The lowest BCUT2D eigenvalue weighted by Crippen LogP contribution is -2.58. The van der Waals surface area contributed by atoms with Crippen molar-refractivity contribution < 1.29 is 35.5 Å². The molecule has 4 aromatic rings. The van der Waals surface area contributed by atoms with Crippen molar-refractivity contribution in [2.45, 2.75) is 49.2 Å². The van der Waals surface area contributed by atoms with E-state index in [4.69, 9.17) is 4.74 Å². The van der Waals surface area contributed by atoms with Gasteiger partial charge < -0.3 is 20.7 Å². The van der Waals surface area contributed by atoms with Crippen LogP contribution in [0.25, 0.3) is 0 Å². The van der Waals surface area contributed by atoms with Crippen LogP contribution in [0.3, 0.4) is 0 Å². The van der Waals surface area contributed by atoms with E-state index in [1.165, 1.54) is 47.9 Å². The summed E-state index contributed by atoms with van der Waals surface area (Å²) < 4.78 is 91.4.